The van der Waals surface area contributed by atoms with Crippen LogP contribution in [0.5, 0.6) is 17.2 Å². The number of pyridine rings is 1. The van der Waals surface area contributed by atoms with E-state index in [1.165, 1.54) is 6.07 Å². The Kier molecular flexibility index (Phi) is 5.46. The first kappa shape index (κ1) is 19.0. The number of carbonyl (C=O) groups is 1. The summed E-state index contributed by atoms with van der Waals surface area (Å²) in [4.78, 5) is 16.1. The molecule has 4 rings (SSSR count). The number of rotatable bonds is 7. The molecular weight excluding hydrogens is 377 g/mol. The highest BCUT2D eigenvalue weighted by atomic mass is 19.1. The molecule has 3 aromatic rings. The van der Waals surface area contributed by atoms with Crippen molar-refractivity contribution in [3.8, 4) is 28.5 Å². The van der Waals surface area contributed by atoms with Crippen molar-refractivity contribution >= 4 is 16.9 Å². The largest absolute Gasteiger partial charge is 0.493 e. The third-order valence-electron chi connectivity index (χ3n) is 4.50. The van der Waals surface area contributed by atoms with Crippen molar-refractivity contribution in [2.75, 3.05) is 20.0 Å². The summed E-state index contributed by atoms with van der Waals surface area (Å²) in [7, 11) is 0. The molecule has 0 atom stereocenters. The fourth-order valence-corrected chi connectivity index (χ4v) is 3.14. The fraction of sp³-hybridized carbons (Fsp3) is 0.273. The zero-order valence-corrected chi connectivity index (χ0v) is 15.9. The molecule has 0 spiro atoms. The Morgan fingerprint density at radius 1 is 1.17 bits per heavy atom. The lowest BCUT2D eigenvalue weighted by Crippen LogP contribution is -2.07. The summed E-state index contributed by atoms with van der Waals surface area (Å²) in [6.07, 6.45) is 0.769. The van der Waals surface area contributed by atoms with Crippen LogP contribution in [0.3, 0.4) is 0 Å². The van der Waals surface area contributed by atoms with Gasteiger partial charge in [-0.25, -0.2) is 9.37 Å². The molecule has 29 heavy (non-hydrogen) atoms. The number of aromatic nitrogens is 1. The standard InChI is InChI=1S/C22H20FNO5/c1-2-26-22(25)8-5-9-27-19-11-17(14-6-3-4-7-16(14)23)24-18-12-21-20(10-15(18)19)28-13-29-21/h3-4,6-7,10-12H,2,5,8-9,13H2,1H3. The molecule has 0 N–H and O–H groups in total. The molecule has 0 saturated carbocycles. The average molecular weight is 397 g/mol. The topological polar surface area (TPSA) is 66.9 Å². The van der Waals surface area contributed by atoms with Gasteiger partial charge >= 0.3 is 5.97 Å². The van der Waals surface area contributed by atoms with Gasteiger partial charge in [0.05, 0.1) is 24.4 Å². The van der Waals surface area contributed by atoms with Gasteiger partial charge in [-0.05, 0) is 31.5 Å². The zero-order valence-electron chi connectivity index (χ0n) is 15.9. The van der Waals surface area contributed by atoms with E-state index in [0.717, 1.165) is 5.39 Å². The lowest BCUT2D eigenvalue weighted by atomic mass is 10.1. The summed E-state index contributed by atoms with van der Waals surface area (Å²) in [5.74, 6) is 1.10. The van der Waals surface area contributed by atoms with Gasteiger partial charge < -0.3 is 18.9 Å². The first-order valence-corrected chi connectivity index (χ1v) is 9.43. The maximum absolute atomic E-state index is 14.3. The predicted octanol–water partition coefficient (Wildman–Crippen LogP) is 4.49. The SMILES string of the molecule is CCOC(=O)CCCOc1cc(-c2ccccc2F)nc2cc3c(cc12)OCO3. The fourth-order valence-electron chi connectivity index (χ4n) is 3.14. The minimum atomic E-state index is -0.367. The van der Waals surface area contributed by atoms with Crippen LogP contribution in [-0.2, 0) is 9.53 Å². The van der Waals surface area contributed by atoms with E-state index < -0.39 is 0 Å². The van der Waals surface area contributed by atoms with Crippen molar-refractivity contribution in [1.82, 2.24) is 4.98 Å². The molecule has 0 unspecified atom stereocenters. The van der Waals surface area contributed by atoms with E-state index in [9.17, 15) is 9.18 Å². The number of benzene rings is 2. The number of carbonyl (C=O) groups excluding carboxylic acids is 1. The molecule has 0 fully saturated rings. The third-order valence-corrected chi connectivity index (χ3v) is 4.50. The third kappa shape index (κ3) is 4.08. The molecule has 7 heteroatoms. The van der Waals surface area contributed by atoms with Crippen LogP contribution in [-0.4, -0.2) is 31.0 Å². The number of ether oxygens (including phenoxy) is 4. The first-order valence-electron chi connectivity index (χ1n) is 9.43. The summed E-state index contributed by atoms with van der Waals surface area (Å²) in [6, 6.07) is 11.7. The molecule has 1 aromatic heterocycles. The smallest absolute Gasteiger partial charge is 0.305 e. The monoisotopic (exact) mass is 397 g/mol. The second-order valence-corrected chi connectivity index (χ2v) is 6.47. The zero-order chi connectivity index (χ0) is 20.2. The highest BCUT2D eigenvalue weighted by Crippen LogP contribution is 2.40. The molecule has 0 aliphatic carbocycles. The summed E-state index contributed by atoms with van der Waals surface area (Å²) in [5.41, 5.74) is 1.44. The second-order valence-electron chi connectivity index (χ2n) is 6.47. The molecule has 0 saturated heterocycles. The molecule has 6 nitrogen and oxygen atoms in total. The van der Waals surface area contributed by atoms with E-state index in [-0.39, 0.29) is 25.0 Å². The van der Waals surface area contributed by atoms with Gasteiger partial charge in [0.1, 0.15) is 11.6 Å². The molecular formula is C22H20FNO5. The van der Waals surface area contributed by atoms with Gasteiger partial charge in [0, 0.05) is 29.5 Å². The highest BCUT2D eigenvalue weighted by molar-refractivity contribution is 5.91. The predicted molar refractivity (Wildman–Crippen MR) is 105 cm³/mol. The van der Waals surface area contributed by atoms with Gasteiger partial charge in [-0.2, -0.15) is 0 Å². The Labute approximate surface area is 167 Å². The number of nitrogens with zero attached hydrogens (tertiary/aromatic N) is 1. The molecule has 0 amide bonds. The van der Waals surface area contributed by atoms with E-state index in [1.807, 2.05) is 0 Å². The van der Waals surface area contributed by atoms with Crippen molar-refractivity contribution < 1.29 is 28.1 Å². The average Bonchev–Trinajstić information content (AvgIpc) is 3.17. The summed E-state index contributed by atoms with van der Waals surface area (Å²) >= 11 is 0. The Balaban J connectivity index is 1.67. The Bertz CT molecular complexity index is 1050. The van der Waals surface area contributed by atoms with E-state index in [2.05, 4.69) is 4.98 Å². The number of halogens is 1. The van der Waals surface area contributed by atoms with Gasteiger partial charge in [-0.15, -0.1) is 0 Å². The second kappa shape index (κ2) is 8.34. The van der Waals surface area contributed by atoms with E-state index >= 15 is 0 Å². The van der Waals surface area contributed by atoms with Crippen molar-refractivity contribution in [2.45, 2.75) is 19.8 Å². The Morgan fingerprint density at radius 3 is 2.76 bits per heavy atom. The summed E-state index contributed by atoms with van der Waals surface area (Å²) < 4.78 is 36.1. The van der Waals surface area contributed by atoms with Crippen molar-refractivity contribution in [3.63, 3.8) is 0 Å². The molecule has 150 valence electrons. The van der Waals surface area contributed by atoms with Gasteiger partial charge in [0.25, 0.3) is 0 Å². The normalized spacial score (nSPS) is 12.2. The van der Waals surface area contributed by atoms with Crippen LogP contribution >= 0.6 is 0 Å². The molecule has 2 aromatic carbocycles. The number of fused-ring (bicyclic) bond motifs is 2. The molecule has 0 radical (unpaired) electrons. The molecule has 1 aliphatic heterocycles. The minimum Gasteiger partial charge on any atom is -0.493 e. The van der Waals surface area contributed by atoms with Gasteiger partial charge in [0.2, 0.25) is 6.79 Å². The molecule has 0 bridgehead atoms. The van der Waals surface area contributed by atoms with Gasteiger partial charge in [-0.3, -0.25) is 4.79 Å². The lowest BCUT2D eigenvalue weighted by molar-refractivity contribution is -0.143. The molecule has 1 aliphatic rings. The number of hydrogen-bond acceptors (Lipinski definition) is 6. The van der Waals surface area contributed by atoms with Crippen LogP contribution in [0.15, 0.2) is 42.5 Å². The minimum absolute atomic E-state index is 0.140. The van der Waals surface area contributed by atoms with Crippen LogP contribution in [0.2, 0.25) is 0 Å². The van der Waals surface area contributed by atoms with Crippen LogP contribution in [0.4, 0.5) is 4.39 Å². The van der Waals surface area contributed by atoms with E-state index in [0.29, 0.717) is 53.7 Å². The number of hydrogen-bond donors (Lipinski definition) is 0. The van der Waals surface area contributed by atoms with Crippen LogP contribution in [0.1, 0.15) is 19.8 Å². The van der Waals surface area contributed by atoms with Crippen molar-refractivity contribution in [3.05, 3.63) is 48.3 Å². The van der Waals surface area contributed by atoms with E-state index in [1.54, 1.807) is 43.3 Å². The quantitative estimate of drug-likeness (QED) is 0.432. The molecule has 2 heterocycles. The number of esters is 1. The summed E-state index contributed by atoms with van der Waals surface area (Å²) in [5, 5.41) is 0.727. The Hall–Kier alpha value is -3.35. The van der Waals surface area contributed by atoms with Crippen molar-refractivity contribution in [2.24, 2.45) is 0 Å². The van der Waals surface area contributed by atoms with Crippen LogP contribution < -0.4 is 14.2 Å². The maximum Gasteiger partial charge on any atom is 0.305 e. The van der Waals surface area contributed by atoms with Gasteiger partial charge in [-0.1, -0.05) is 12.1 Å². The summed E-state index contributed by atoms with van der Waals surface area (Å²) in [6.45, 7) is 2.57. The van der Waals surface area contributed by atoms with Crippen LogP contribution in [0.25, 0.3) is 22.2 Å². The van der Waals surface area contributed by atoms with Crippen LogP contribution in [0, 0.1) is 5.82 Å². The van der Waals surface area contributed by atoms with Gasteiger partial charge in [0.15, 0.2) is 11.5 Å². The highest BCUT2D eigenvalue weighted by Gasteiger charge is 2.19. The van der Waals surface area contributed by atoms with Crippen molar-refractivity contribution in [1.29, 1.82) is 0 Å². The van der Waals surface area contributed by atoms with E-state index in [4.69, 9.17) is 18.9 Å². The maximum atomic E-state index is 14.3. The Morgan fingerprint density at radius 2 is 1.97 bits per heavy atom. The lowest BCUT2D eigenvalue weighted by Gasteiger charge is -2.13. The first-order chi connectivity index (χ1) is 14.2.